The van der Waals surface area contributed by atoms with Crippen molar-refractivity contribution in [1.29, 1.82) is 0 Å². The summed E-state index contributed by atoms with van der Waals surface area (Å²) < 4.78 is 5.09. The molecule has 0 spiro atoms. The van der Waals surface area contributed by atoms with Gasteiger partial charge in [-0.05, 0) is 33.3 Å². The number of aromatic nitrogens is 1. The van der Waals surface area contributed by atoms with Gasteiger partial charge in [-0.2, -0.15) is 0 Å². The Kier molecular flexibility index (Phi) is 4.11. The number of rotatable bonds is 4. The summed E-state index contributed by atoms with van der Waals surface area (Å²) in [5, 5.41) is 11.2. The molecule has 2 heterocycles. The summed E-state index contributed by atoms with van der Waals surface area (Å²) in [4.78, 5) is 28.8. The first-order valence-corrected chi connectivity index (χ1v) is 6.91. The minimum Gasteiger partial charge on any atom is -0.466 e. The van der Waals surface area contributed by atoms with Crippen LogP contribution in [-0.2, 0) is 9.53 Å². The molecule has 0 amide bonds. The molecule has 0 radical (unpaired) electrons. The van der Waals surface area contributed by atoms with Crippen LogP contribution in [0.5, 0.6) is 0 Å². The SMILES string of the molecule is CCOC(=O)C1(C)CCN(c2nccc(C)c2[N+](=O)[O-])C1. The fourth-order valence-corrected chi connectivity index (χ4v) is 2.61. The Morgan fingerprint density at radius 3 is 2.95 bits per heavy atom. The molecule has 0 bridgehead atoms. The van der Waals surface area contributed by atoms with Gasteiger partial charge in [0, 0.05) is 24.8 Å². The summed E-state index contributed by atoms with van der Waals surface area (Å²) in [6.07, 6.45) is 2.15. The Labute approximate surface area is 123 Å². The summed E-state index contributed by atoms with van der Waals surface area (Å²) in [6, 6.07) is 1.61. The average Bonchev–Trinajstić information content (AvgIpc) is 2.82. The Morgan fingerprint density at radius 1 is 1.62 bits per heavy atom. The number of ether oxygens (including phenoxy) is 1. The van der Waals surface area contributed by atoms with Gasteiger partial charge < -0.3 is 9.64 Å². The van der Waals surface area contributed by atoms with Gasteiger partial charge in [0.1, 0.15) is 0 Å². The number of esters is 1. The smallest absolute Gasteiger partial charge is 0.314 e. The molecular weight excluding hydrogens is 274 g/mol. The van der Waals surface area contributed by atoms with Crippen LogP contribution in [0.15, 0.2) is 12.3 Å². The zero-order valence-corrected chi connectivity index (χ0v) is 12.5. The lowest BCUT2D eigenvalue weighted by Gasteiger charge is -2.23. The van der Waals surface area contributed by atoms with Gasteiger partial charge in [-0.1, -0.05) is 0 Å². The maximum absolute atomic E-state index is 12.0. The third-order valence-electron chi connectivity index (χ3n) is 3.83. The maximum Gasteiger partial charge on any atom is 0.314 e. The molecule has 1 saturated heterocycles. The highest BCUT2D eigenvalue weighted by atomic mass is 16.6. The maximum atomic E-state index is 12.0. The molecule has 114 valence electrons. The Bertz CT molecular complexity index is 575. The molecule has 0 N–H and O–H groups in total. The summed E-state index contributed by atoms with van der Waals surface area (Å²) >= 11 is 0. The van der Waals surface area contributed by atoms with Gasteiger partial charge in [-0.15, -0.1) is 0 Å². The highest BCUT2D eigenvalue weighted by Crippen LogP contribution is 2.37. The van der Waals surface area contributed by atoms with Gasteiger partial charge in [0.05, 0.1) is 16.9 Å². The van der Waals surface area contributed by atoms with Crippen LogP contribution in [0.2, 0.25) is 0 Å². The van der Waals surface area contributed by atoms with E-state index in [2.05, 4.69) is 4.98 Å². The minimum absolute atomic E-state index is 0.00519. The number of carbonyl (C=O) groups excluding carboxylic acids is 1. The van der Waals surface area contributed by atoms with Crippen LogP contribution in [0.3, 0.4) is 0 Å². The van der Waals surface area contributed by atoms with Crippen molar-refractivity contribution in [3.8, 4) is 0 Å². The second kappa shape index (κ2) is 5.67. The van der Waals surface area contributed by atoms with Crippen molar-refractivity contribution < 1.29 is 14.5 Å². The molecule has 1 atom stereocenters. The van der Waals surface area contributed by atoms with Crippen molar-refractivity contribution in [2.24, 2.45) is 5.41 Å². The predicted molar refractivity (Wildman–Crippen MR) is 77.2 cm³/mol. The largest absolute Gasteiger partial charge is 0.466 e. The van der Waals surface area contributed by atoms with E-state index in [0.29, 0.717) is 37.5 Å². The van der Waals surface area contributed by atoms with E-state index in [9.17, 15) is 14.9 Å². The third-order valence-corrected chi connectivity index (χ3v) is 3.83. The van der Waals surface area contributed by atoms with E-state index in [1.54, 1.807) is 31.0 Å². The van der Waals surface area contributed by atoms with E-state index in [0.717, 1.165) is 0 Å². The van der Waals surface area contributed by atoms with Crippen molar-refractivity contribution in [3.05, 3.63) is 27.9 Å². The van der Waals surface area contributed by atoms with Crippen LogP contribution in [-0.4, -0.2) is 35.6 Å². The number of nitro groups is 1. The molecule has 1 unspecified atom stereocenters. The first kappa shape index (κ1) is 15.2. The van der Waals surface area contributed by atoms with Gasteiger partial charge in [0.2, 0.25) is 5.82 Å². The zero-order chi connectivity index (χ0) is 15.6. The highest BCUT2D eigenvalue weighted by Gasteiger charge is 2.43. The molecule has 1 fully saturated rings. The predicted octanol–water partition coefficient (Wildman–Crippen LogP) is 2.08. The first-order valence-electron chi connectivity index (χ1n) is 6.91. The quantitative estimate of drug-likeness (QED) is 0.480. The topological polar surface area (TPSA) is 85.6 Å². The van der Waals surface area contributed by atoms with E-state index >= 15 is 0 Å². The summed E-state index contributed by atoms with van der Waals surface area (Å²) in [7, 11) is 0. The lowest BCUT2D eigenvalue weighted by atomic mass is 9.90. The van der Waals surface area contributed by atoms with Gasteiger partial charge in [0.15, 0.2) is 0 Å². The number of hydrogen-bond donors (Lipinski definition) is 0. The van der Waals surface area contributed by atoms with Crippen molar-refractivity contribution in [2.45, 2.75) is 27.2 Å². The van der Waals surface area contributed by atoms with Crippen molar-refractivity contribution in [2.75, 3.05) is 24.6 Å². The van der Waals surface area contributed by atoms with Gasteiger partial charge >= 0.3 is 11.7 Å². The Balaban J connectivity index is 2.28. The van der Waals surface area contributed by atoms with Crippen molar-refractivity contribution in [1.82, 2.24) is 4.98 Å². The number of carbonyl (C=O) groups is 1. The van der Waals surface area contributed by atoms with Crippen LogP contribution in [0.4, 0.5) is 11.5 Å². The van der Waals surface area contributed by atoms with Gasteiger partial charge in [-0.25, -0.2) is 4.98 Å². The molecule has 1 aromatic heterocycles. The molecular formula is C14H19N3O4. The zero-order valence-electron chi connectivity index (χ0n) is 12.5. The average molecular weight is 293 g/mol. The number of nitrogens with zero attached hydrogens (tertiary/aromatic N) is 3. The van der Waals surface area contributed by atoms with E-state index in [-0.39, 0.29) is 11.7 Å². The Hall–Kier alpha value is -2.18. The molecule has 7 nitrogen and oxygen atoms in total. The van der Waals surface area contributed by atoms with Crippen LogP contribution >= 0.6 is 0 Å². The van der Waals surface area contributed by atoms with Crippen LogP contribution < -0.4 is 4.90 Å². The lowest BCUT2D eigenvalue weighted by molar-refractivity contribution is -0.384. The molecule has 7 heteroatoms. The standard InChI is InChI=1S/C14H19N3O4/c1-4-21-13(18)14(3)6-8-16(9-14)12-11(17(19)20)10(2)5-7-15-12/h5,7H,4,6,8-9H2,1-3H3. The van der Waals surface area contributed by atoms with Crippen LogP contribution in [0.1, 0.15) is 25.8 Å². The minimum atomic E-state index is -0.644. The summed E-state index contributed by atoms with van der Waals surface area (Å²) in [6.45, 7) is 6.53. The number of anilines is 1. The molecule has 1 aliphatic rings. The fourth-order valence-electron chi connectivity index (χ4n) is 2.61. The molecule has 0 saturated carbocycles. The number of pyridine rings is 1. The van der Waals surface area contributed by atoms with Gasteiger partial charge in [-0.3, -0.25) is 14.9 Å². The molecule has 2 rings (SSSR count). The second-order valence-electron chi connectivity index (χ2n) is 5.51. The van der Waals surface area contributed by atoms with E-state index in [1.165, 1.54) is 0 Å². The lowest BCUT2D eigenvalue weighted by Crippen LogP contribution is -2.34. The fraction of sp³-hybridized carbons (Fsp3) is 0.571. The first-order chi connectivity index (χ1) is 9.89. The Morgan fingerprint density at radius 2 is 2.33 bits per heavy atom. The normalized spacial score (nSPS) is 21.4. The molecule has 0 aliphatic carbocycles. The highest BCUT2D eigenvalue weighted by molar-refractivity contribution is 5.78. The van der Waals surface area contributed by atoms with E-state index in [1.807, 2.05) is 6.92 Å². The van der Waals surface area contributed by atoms with Crippen molar-refractivity contribution in [3.63, 3.8) is 0 Å². The summed E-state index contributed by atoms with van der Waals surface area (Å²) in [5.41, 5.74) is -0.0738. The molecule has 0 aromatic carbocycles. The second-order valence-corrected chi connectivity index (χ2v) is 5.51. The number of aryl methyl sites for hydroxylation is 1. The number of hydrogen-bond acceptors (Lipinski definition) is 6. The molecule has 1 aliphatic heterocycles. The molecule has 21 heavy (non-hydrogen) atoms. The molecule has 1 aromatic rings. The monoisotopic (exact) mass is 293 g/mol. The van der Waals surface area contributed by atoms with Crippen LogP contribution in [0.25, 0.3) is 0 Å². The van der Waals surface area contributed by atoms with Crippen LogP contribution in [0, 0.1) is 22.5 Å². The van der Waals surface area contributed by atoms with Gasteiger partial charge in [0.25, 0.3) is 0 Å². The summed E-state index contributed by atoms with van der Waals surface area (Å²) in [5.74, 6) is 0.0656. The third kappa shape index (κ3) is 2.81. The van der Waals surface area contributed by atoms with Crippen molar-refractivity contribution >= 4 is 17.5 Å². The van der Waals surface area contributed by atoms with E-state index < -0.39 is 10.3 Å². The van der Waals surface area contributed by atoms with E-state index in [4.69, 9.17) is 4.74 Å².